The maximum absolute atomic E-state index is 13.2. The molecule has 0 unspecified atom stereocenters. The summed E-state index contributed by atoms with van der Waals surface area (Å²) in [4.78, 5) is 40.9. The topological polar surface area (TPSA) is 81.8 Å². The van der Waals surface area contributed by atoms with E-state index in [-0.39, 0.29) is 24.3 Å². The van der Waals surface area contributed by atoms with E-state index in [9.17, 15) is 14.4 Å². The van der Waals surface area contributed by atoms with Gasteiger partial charge in [0, 0.05) is 26.6 Å². The lowest BCUT2D eigenvalue weighted by Gasteiger charge is -2.31. The maximum Gasteiger partial charge on any atom is 0.322 e. The number of hydrogen-bond donors (Lipinski definition) is 2. The fourth-order valence-electron chi connectivity index (χ4n) is 3.83. The van der Waals surface area contributed by atoms with Gasteiger partial charge in [-0.2, -0.15) is 0 Å². The predicted octanol–water partition coefficient (Wildman–Crippen LogP) is 2.26. The van der Waals surface area contributed by atoms with Gasteiger partial charge in [0.1, 0.15) is 0 Å². The van der Waals surface area contributed by atoms with Crippen molar-refractivity contribution >= 4 is 17.8 Å². The monoisotopic (exact) mass is 398 g/mol. The van der Waals surface area contributed by atoms with Crippen LogP contribution in [0.25, 0.3) is 0 Å². The second-order valence-corrected chi connectivity index (χ2v) is 8.34. The lowest BCUT2D eigenvalue weighted by Crippen LogP contribution is -2.45. The van der Waals surface area contributed by atoms with Gasteiger partial charge in [0.25, 0.3) is 5.91 Å². The highest BCUT2D eigenvalue weighted by atomic mass is 16.2. The zero-order valence-corrected chi connectivity index (χ0v) is 17.8. The van der Waals surface area contributed by atoms with Crippen molar-refractivity contribution in [3.05, 3.63) is 46.2 Å². The summed E-state index contributed by atoms with van der Waals surface area (Å²) in [6.45, 7) is 9.38. The van der Waals surface area contributed by atoms with Crippen LogP contribution in [0.5, 0.6) is 0 Å². The molecule has 29 heavy (non-hydrogen) atoms. The normalized spacial score (nSPS) is 19.0. The van der Waals surface area contributed by atoms with Crippen LogP contribution in [0.15, 0.2) is 29.5 Å². The van der Waals surface area contributed by atoms with E-state index >= 15 is 0 Å². The van der Waals surface area contributed by atoms with E-state index in [0.717, 1.165) is 16.7 Å². The molecule has 3 rings (SSSR count). The molecule has 0 saturated carbocycles. The van der Waals surface area contributed by atoms with Gasteiger partial charge in [-0.1, -0.05) is 37.6 Å². The maximum atomic E-state index is 13.2. The third-order valence-corrected chi connectivity index (χ3v) is 5.49. The van der Waals surface area contributed by atoms with Crippen LogP contribution in [0.4, 0.5) is 4.79 Å². The van der Waals surface area contributed by atoms with Crippen molar-refractivity contribution in [3.8, 4) is 0 Å². The second kappa shape index (κ2) is 8.27. The van der Waals surface area contributed by atoms with E-state index in [4.69, 9.17) is 0 Å². The Hall–Kier alpha value is -2.83. The molecule has 1 atom stereocenters. The zero-order chi connectivity index (χ0) is 21.3. The molecule has 0 bridgehead atoms. The van der Waals surface area contributed by atoms with Crippen molar-refractivity contribution in [2.75, 3.05) is 26.7 Å². The smallest absolute Gasteiger partial charge is 0.322 e. The Balaban J connectivity index is 1.79. The highest BCUT2D eigenvalue weighted by Crippen LogP contribution is 2.36. The number of nitrogens with one attached hydrogen (secondary N) is 2. The minimum absolute atomic E-state index is 0.0649. The second-order valence-electron chi connectivity index (χ2n) is 8.34. The molecule has 0 aliphatic carbocycles. The van der Waals surface area contributed by atoms with Crippen LogP contribution in [-0.2, 0) is 9.59 Å². The number of carbonyl (C=O) groups is 3. The Bertz CT molecular complexity index is 875. The first-order valence-corrected chi connectivity index (χ1v) is 10.1. The molecule has 2 heterocycles. The molecule has 0 radical (unpaired) electrons. The van der Waals surface area contributed by atoms with Gasteiger partial charge in [-0.05, 0) is 30.9 Å². The number of hydrogen-bond acceptors (Lipinski definition) is 3. The molecular formula is C22H30N4O3. The van der Waals surface area contributed by atoms with E-state index in [1.807, 2.05) is 39.8 Å². The lowest BCUT2D eigenvalue weighted by molar-refractivity contribution is -0.127. The summed E-state index contributed by atoms with van der Waals surface area (Å²) in [5.74, 6) is 0.198. The van der Waals surface area contributed by atoms with Crippen molar-refractivity contribution in [1.29, 1.82) is 0 Å². The first-order valence-electron chi connectivity index (χ1n) is 10.1. The highest BCUT2D eigenvalue weighted by Gasteiger charge is 2.43. The molecule has 4 amide bonds. The number of nitrogens with zero attached hydrogens (tertiary/aromatic N) is 2. The Labute approximate surface area is 172 Å². The molecule has 2 aliphatic heterocycles. The van der Waals surface area contributed by atoms with E-state index in [1.54, 1.807) is 11.9 Å². The van der Waals surface area contributed by atoms with Crippen LogP contribution in [0.1, 0.15) is 43.0 Å². The SMILES string of the molecule is Cc1ccc([C@H]2NC(=O)N(C)C3=C2C(=O)N(CCC(=O)NCC(C)C)C3)c(C)c1. The molecule has 7 heteroatoms. The predicted molar refractivity (Wildman–Crippen MR) is 111 cm³/mol. The van der Waals surface area contributed by atoms with Gasteiger partial charge in [-0.15, -0.1) is 0 Å². The lowest BCUT2D eigenvalue weighted by atomic mass is 9.91. The average molecular weight is 399 g/mol. The van der Waals surface area contributed by atoms with E-state index in [2.05, 4.69) is 16.7 Å². The fourth-order valence-corrected chi connectivity index (χ4v) is 3.83. The van der Waals surface area contributed by atoms with Crippen LogP contribution in [0.2, 0.25) is 0 Å². The van der Waals surface area contributed by atoms with Crippen LogP contribution in [-0.4, -0.2) is 54.3 Å². The van der Waals surface area contributed by atoms with Gasteiger partial charge in [-0.3, -0.25) is 14.5 Å². The summed E-state index contributed by atoms with van der Waals surface area (Å²) in [5.41, 5.74) is 4.40. The first-order chi connectivity index (χ1) is 13.7. The third kappa shape index (κ3) is 4.28. The number of benzene rings is 1. The molecule has 0 fully saturated rings. The Morgan fingerprint density at radius 2 is 2.00 bits per heavy atom. The summed E-state index contributed by atoms with van der Waals surface area (Å²) >= 11 is 0. The van der Waals surface area contributed by atoms with E-state index in [1.165, 1.54) is 4.90 Å². The Morgan fingerprint density at radius 3 is 2.66 bits per heavy atom. The summed E-state index contributed by atoms with van der Waals surface area (Å²) in [6, 6.07) is 5.32. The van der Waals surface area contributed by atoms with Crippen molar-refractivity contribution in [2.24, 2.45) is 5.92 Å². The molecule has 1 aromatic carbocycles. The van der Waals surface area contributed by atoms with Gasteiger partial charge < -0.3 is 15.5 Å². The molecule has 0 aromatic heterocycles. The van der Waals surface area contributed by atoms with Gasteiger partial charge in [0.2, 0.25) is 5.91 Å². The number of aryl methyl sites for hydroxylation is 2. The molecule has 0 saturated heterocycles. The van der Waals surface area contributed by atoms with Crippen LogP contribution < -0.4 is 10.6 Å². The molecule has 7 nitrogen and oxygen atoms in total. The Kier molecular flexibility index (Phi) is 5.96. The van der Waals surface area contributed by atoms with Gasteiger partial charge in [0.05, 0.1) is 23.9 Å². The van der Waals surface area contributed by atoms with E-state index < -0.39 is 6.04 Å². The summed E-state index contributed by atoms with van der Waals surface area (Å²) in [6.07, 6.45) is 0.248. The fraction of sp³-hybridized carbons (Fsp3) is 0.500. The Morgan fingerprint density at radius 1 is 1.28 bits per heavy atom. The molecule has 2 aliphatic rings. The van der Waals surface area contributed by atoms with Crippen LogP contribution >= 0.6 is 0 Å². The largest absolute Gasteiger partial charge is 0.356 e. The minimum atomic E-state index is -0.471. The van der Waals surface area contributed by atoms with Crippen molar-refractivity contribution in [3.63, 3.8) is 0 Å². The molecular weight excluding hydrogens is 368 g/mol. The third-order valence-electron chi connectivity index (χ3n) is 5.49. The zero-order valence-electron chi connectivity index (χ0n) is 17.8. The number of likely N-dealkylation sites (N-methyl/N-ethyl adjacent to an activating group) is 1. The quantitative estimate of drug-likeness (QED) is 0.771. The van der Waals surface area contributed by atoms with Crippen LogP contribution in [0, 0.1) is 19.8 Å². The number of urea groups is 1. The number of amides is 4. The summed E-state index contributed by atoms with van der Waals surface area (Å²) < 4.78 is 0. The molecule has 2 N–H and O–H groups in total. The summed E-state index contributed by atoms with van der Waals surface area (Å²) in [7, 11) is 1.68. The first kappa shape index (κ1) is 20.9. The number of carbonyl (C=O) groups excluding carboxylic acids is 3. The molecule has 1 aromatic rings. The van der Waals surface area contributed by atoms with Crippen molar-refractivity contribution in [1.82, 2.24) is 20.4 Å². The molecule has 156 valence electrons. The highest BCUT2D eigenvalue weighted by molar-refractivity contribution is 6.01. The minimum Gasteiger partial charge on any atom is -0.356 e. The van der Waals surface area contributed by atoms with Crippen LogP contribution in [0.3, 0.4) is 0 Å². The number of rotatable bonds is 6. The van der Waals surface area contributed by atoms with Gasteiger partial charge in [-0.25, -0.2) is 4.79 Å². The van der Waals surface area contributed by atoms with E-state index in [0.29, 0.717) is 36.8 Å². The van der Waals surface area contributed by atoms with Gasteiger partial charge in [0.15, 0.2) is 0 Å². The van der Waals surface area contributed by atoms with Gasteiger partial charge >= 0.3 is 6.03 Å². The summed E-state index contributed by atoms with van der Waals surface area (Å²) in [5, 5.41) is 5.84. The average Bonchev–Trinajstić information content (AvgIpc) is 2.98. The molecule has 0 spiro atoms. The van der Waals surface area contributed by atoms with Crippen molar-refractivity contribution < 1.29 is 14.4 Å². The standard InChI is InChI=1S/C22H30N4O3/c1-13(2)11-23-18(27)8-9-26-12-17-19(21(26)28)20(24-22(29)25(17)5)16-7-6-14(3)10-15(16)4/h6-7,10,13,20H,8-9,11-12H2,1-5H3,(H,23,27)(H,24,29)/t20-/m1/s1. The van der Waals surface area contributed by atoms with Crippen molar-refractivity contribution in [2.45, 2.75) is 40.2 Å².